The molecular formula is C20H26N4O2. The minimum absolute atomic E-state index is 0.0385. The molecule has 2 aromatic heterocycles. The molecule has 0 aliphatic rings. The van der Waals surface area contributed by atoms with Crippen LogP contribution in [0.3, 0.4) is 0 Å². The third kappa shape index (κ3) is 3.95. The predicted octanol–water partition coefficient (Wildman–Crippen LogP) is 3.99. The van der Waals surface area contributed by atoms with Crippen molar-refractivity contribution in [3.8, 4) is 0 Å². The predicted molar refractivity (Wildman–Crippen MR) is 101 cm³/mol. The topological polar surface area (TPSA) is 73.0 Å². The van der Waals surface area contributed by atoms with E-state index >= 15 is 0 Å². The molecule has 0 saturated heterocycles. The number of aromatic nitrogens is 3. The van der Waals surface area contributed by atoms with E-state index in [2.05, 4.69) is 36.1 Å². The van der Waals surface area contributed by atoms with Crippen LogP contribution in [0.15, 0.2) is 41.3 Å². The maximum Gasteiger partial charge on any atom is 0.251 e. The third-order valence-electron chi connectivity index (χ3n) is 4.46. The Morgan fingerprint density at radius 2 is 2.08 bits per heavy atom. The highest BCUT2D eigenvalue weighted by atomic mass is 16.3. The first-order valence-corrected chi connectivity index (χ1v) is 8.91. The Kier molecular flexibility index (Phi) is 4.85. The largest absolute Gasteiger partial charge is 0.440 e. The van der Waals surface area contributed by atoms with Crippen molar-refractivity contribution < 1.29 is 9.21 Å². The number of benzene rings is 1. The van der Waals surface area contributed by atoms with Gasteiger partial charge in [-0.25, -0.2) is 9.97 Å². The number of carbonyl (C=O) groups is 1. The Morgan fingerprint density at radius 1 is 1.31 bits per heavy atom. The minimum atomic E-state index is -0.110. The lowest BCUT2D eigenvalue weighted by atomic mass is 9.86. The van der Waals surface area contributed by atoms with E-state index in [4.69, 9.17) is 4.42 Å². The van der Waals surface area contributed by atoms with Crippen molar-refractivity contribution in [2.45, 2.75) is 53.1 Å². The normalized spacial score (nSPS) is 13.3. The molecule has 1 aromatic carbocycles. The molecule has 6 heteroatoms. The van der Waals surface area contributed by atoms with Crippen molar-refractivity contribution in [1.82, 2.24) is 19.9 Å². The number of carbonyl (C=O) groups excluding carboxylic acids is 1. The molecule has 26 heavy (non-hydrogen) atoms. The van der Waals surface area contributed by atoms with Gasteiger partial charge in [-0.05, 0) is 23.6 Å². The van der Waals surface area contributed by atoms with Crippen LogP contribution in [-0.2, 0) is 6.54 Å². The van der Waals surface area contributed by atoms with Crippen LogP contribution in [0.25, 0.3) is 11.1 Å². The van der Waals surface area contributed by atoms with E-state index in [0.29, 0.717) is 29.1 Å². The molecule has 138 valence electrons. The SMILES string of the molecule is CC(C)c1nc2cc(C(=O)NC(Cn3ccnc3)C(C)(C)C)ccc2o1. The first-order valence-electron chi connectivity index (χ1n) is 8.91. The van der Waals surface area contributed by atoms with Gasteiger partial charge in [-0.2, -0.15) is 0 Å². The molecule has 1 unspecified atom stereocenters. The lowest BCUT2D eigenvalue weighted by Gasteiger charge is -2.31. The minimum Gasteiger partial charge on any atom is -0.440 e. The first-order chi connectivity index (χ1) is 12.2. The van der Waals surface area contributed by atoms with Gasteiger partial charge in [0.15, 0.2) is 11.5 Å². The van der Waals surface area contributed by atoms with Gasteiger partial charge in [-0.1, -0.05) is 34.6 Å². The summed E-state index contributed by atoms with van der Waals surface area (Å²) in [5, 5.41) is 3.16. The van der Waals surface area contributed by atoms with Crippen LogP contribution >= 0.6 is 0 Å². The number of hydrogen-bond acceptors (Lipinski definition) is 4. The molecular weight excluding hydrogens is 328 g/mol. The number of rotatable bonds is 5. The van der Waals surface area contributed by atoms with E-state index in [1.165, 1.54) is 0 Å². The van der Waals surface area contributed by atoms with Gasteiger partial charge in [0, 0.05) is 30.4 Å². The Hall–Kier alpha value is -2.63. The van der Waals surface area contributed by atoms with Crippen LogP contribution in [0.1, 0.15) is 56.8 Å². The molecule has 3 rings (SSSR count). The van der Waals surface area contributed by atoms with Crippen molar-refractivity contribution in [3.05, 3.63) is 48.4 Å². The van der Waals surface area contributed by atoms with Gasteiger partial charge in [0.1, 0.15) is 5.52 Å². The van der Waals surface area contributed by atoms with Gasteiger partial charge in [-0.15, -0.1) is 0 Å². The Morgan fingerprint density at radius 3 is 2.69 bits per heavy atom. The molecule has 2 heterocycles. The number of hydrogen-bond donors (Lipinski definition) is 1. The number of imidazole rings is 1. The molecule has 0 fully saturated rings. The molecule has 0 saturated carbocycles. The Bertz CT molecular complexity index is 888. The summed E-state index contributed by atoms with van der Waals surface area (Å²) in [6.45, 7) is 11.1. The summed E-state index contributed by atoms with van der Waals surface area (Å²) in [5.74, 6) is 0.784. The Balaban J connectivity index is 1.81. The zero-order valence-electron chi connectivity index (χ0n) is 16.0. The summed E-state index contributed by atoms with van der Waals surface area (Å²) in [4.78, 5) is 21.4. The standard InChI is InChI=1S/C20H26N4O2/c1-13(2)19-22-15-10-14(6-7-16(15)26-19)18(25)23-17(20(3,4)5)11-24-9-8-21-12-24/h6-10,12-13,17H,11H2,1-5H3,(H,23,25). The highest BCUT2D eigenvalue weighted by molar-refractivity contribution is 5.97. The zero-order valence-corrected chi connectivity index (χ0v) is 16.0. The van der Waals surface area contributed by atoms with E-state index in [-0.39, 0.29) is 23.3 Å². The highest BCUT2D eigenvalue weighted by Gasteiger charge is 2.27. The fourth-order valence-electron chi connectivity index (χ4n) is 2.72. The maximum atomic E-state index is 12.8. The number of fused-ring (bicyclic) bond motifs is 1. The van der Waals surface area contributed by atoms with Gasteiger partial charge in [0.05, 0.1) is 12.4 Å². The zero-order chi connectivity index (χ0) is 18.9. The van der Waals surface area contributed by atoms with Gasteiger partial charge in [-0.3, -0.25) is 4.79 Å². The van der Waals surface area contributed by atoms with Crippen molar-refractivity contribution in [3.63, 3.8) is 0 Å². The van der Waals surface area contributed by atoms with Crippen LogP contribution in [0, 0.1) is 5.41 Å². The van der Waals surface area contributed by atoms with E-state index < -0.39 is 0 Å². The molecule has 0 bridgehead atoms. The average molecular weight is 354 g/mol. The van der Waals surface area contributed by atoms with E-state index in [1.807, 2.05) is 30.7 Å². The third-order valence-corrected chi connectivity index (χ3v) is 4.46. The summed E-state index contributed by atoms with van der Waals surface area (Å²) in [6.07, 6.45) is 5.41. The maximum absolute atomic E-state index is 12.8. The summed E-state index contributed by atoms with van der Waals surface area (Å²) < 4.78 is 7.69. The number of amides is 1. The monoisotopic (exact) mass is 354 g/mol. The molecule has 1 atom stereocenters. The van der Waals surface area contributed by atoms with Gasteiger partial charge in [0.2, 0.25) is 0 Å². The molecule has 0 radical (unpaired) electrons. The van der Waals surface area contributed by atoms with Gasteiger partial charge >= 0.3 is 0 Å². The van der Waals surface area contributed by atoms with Crippen LogP contribution in [-0.4, -0.2) is 26.5 Å². The fraction of sp³-hybridized carbons (Fsp3) is 0.450. The van der Waals surface area contributed by atoms with Gasteiger partial charge < -0.3 is 14.3 Å². The van der Waals surface area contributed by atoms with Gasteiger partial charge in [0.25, 0.3) is 5.91 Å². The van der Waals surface area contributed by atoms with Crippen LogP contribution in [0.4, 0.5) is 0 Å². The fourth-order valence-corrected chi connectivity index (χ4v) is 2.72. The first kappa shape index (κ1) is 18.2. The lowest BCUT2D eigenvalue weighted by Crippen LogP contribution is -2.46. The Labute approximate surface area is 153 Å². The van der Waals surface area contributed by atoms with Crippen molar-refractivity contribution in [2.75, 3.05) is 0 Å². The second kappa shape index (κ2) is 6.94. The summed E-state index contributed by atoms with van der Waals surface area (Å²) in [5.41, 5.74) is 1.91. The highest BCUT2D eigenvalue weighted by Crippen LogP contribution is 2.24. The molecule has 1 amide bonds. The molecule has 0 spiro atoms. The second-order valence-corrected chi connectivity index (χ2v) is 8.04. The molecule has 6 nitrogen and oxygen atoms in total. The van der Waals surface area contributed by atoms with Crippen molar-refractivity contribution >= 4 is 17.0 Å². The van der Waals surface area contributed by atoms with E-state index in [1.54, 1.807) is 24.7 Å². The second-order valence-electron chi connectivity index (χ2n) is 8.04. The van der Waals surface area contributed by atoms with Crippen LogP contribution in [0.2, 0.25) is 0 Å². The van der Waals surface area contributed by atoms with Crippen LogP contribution in [0.5, 0.6) is 0 Å². The smallest absolute Gasteiger partial charge is 0.251 e. The van der Waals surface area contributed by atoms with Crippen molar-refractivity contribution in [2.24, 2.45) is 5.41 Å². The molecule has 0 aliphatic heterocycles. The molecule has 3 aromatic rings. The number of oxazole rings is 1. The number of nitrogens with zero attached hydrogens (tertiary/aromatic N) is 3. The quantitative estimate of drug-likeness (QED) is 0.752. The van der Waals surface area contributed by atoms with E-state index in [0.717, 1.165) is 0 Å². The summed E-state index contributed by atoms with van der Waals surface area (Å²) in [6, 6.07) is 5.34. The summed E-state index contributed by atoms with van der Waals surface area (Å²) in [7, 11) is 0. The number of nitrogens with one attached hydrogen (secondary N) is 1. The lowest BCUT2D eigenvalue weighted by molar-refractivity contribution is 0.0892. The summed E-state index contributed by atoms with van der Waals surface area (Å²) >= 11 is 0. The van der Waals surface area contributed by atoms with Crippen LogP contribution < -0.4 is 5.32 Å². The van der Waals surface area contributed by atoms with E-state index in [9.17, 15) is 4.79 Å². The molecule has 0 aliphatic carbocycles. The molecule has 1 N–H and O–H groups in total. The van der Waals surface area contributed by atoms with Crippen molar-refractivity contribution in [1.29, 1.82) is 0 Å². The average Bonchev–Trinajstić information content (AvgIpc) is 3.21.